The van der Waals surface area contributed by atoms with Gasteiger partial charge in [-0.3, -0.25) is 9.59 Å². The summed E-state index contributed by atoms with van der Waals surface area (Å²) < 4.78 is 0. The summed E-state index contributed by atoms with van der Waals surface area (Å²) in [5.74, 6) is 0.211. The normalized spacial score (nSPS) is 16.9. The fraction of sp³-hybridized carbons (Fsp3) is 0.556. The van der Waals surface area contributed by atoms with Crippen molar-refractivity contribution >= 4 is 11.8 Å². The number of hydrogen-bond donors (Lipinski definition) is 2. The fourth-order valence-corrected chi connectivity index (χ4v) is 2.91. The number of benzene rings is 1. The maximum Gasteiger partial charge on any atom is 0.222 e. The van der Waals surface area contributed by atoms with Gasteiger partial charge in [-0.15, -0.1) is 0 Å². The second-order valence-electron chi connectivity index (χ2n) is 6.39. The monoisotopic (exact) mass is 317 g/mol. The van der Waals surface area contributed by atoms with Crippen molar-refractivity contribution in [2.75, 3.05) is 13.1 Å². The van der Waals surface area contributed by atoms with E-state index in [2.05, 4.69) is 5.32 Å². The number of piperidine rings is 1. The first kappa shape index (κ1) is 17.5. The van der Waals surface area contributed by atoms with Crippen LogP contribution in [0.1, 0.15) is 38.2 Å². The van der Waals surface area contributed by atoms with E-state index in [0.717, 1.165) is 32.4 Å². The van der Waals surface area contributed by atoms with E-state index in [-0.39, 0.29) is 23.9 Å². The summed E-state index contributed by atoms with van der Waals surface area (Å²) in [6.07, 6.45) is 3.33. The molecule has 2 rings (SSSR count). The first-order valence-electron chi connectivity index (χ1n) is 8.41. The highest BCUT2D eigenvalue weighted by molar-refractivity contribution is 5.77. The maximum atomic E-state index is 12.3. The van der Waals surface area contributed by atoms with Crippen LogP contribution in [0.5, 0.6) is 0 Å². The van der Waals surface area contributed by atoms with Gasteiger partial charge in [0.05, 0.1) is 0 Å². The Morgan fingerprint density at radius 2 is 1.91 bits per heavy atom. The van der Waals surface area contributed by atoms with Crippen LogP contribution in [0, 0.1) is 0 Å². The maximum absolute atomic E-state index is 12.3. The molecule has 126 valence electrons. The summed E-state index contributed by atoms with van der Waals surface area (Å²) in [6, 6.07) is 10.1. The third-order valence-electron chi connectivity index (χ3n) is 4.19. The van der Waals surface area contributed by atoms with E-state index in [4.69, 9.17) is 5.73 Å². The van der Waals surface area contributed by atoms with E-state index in [9.17, 15) is 9.59 Å². The van der Waals surface area contributed by atoms with Gasteiger partial charge in [0, 0.05) is 38.0 Å². The number of likely N-dealkylation sites (tertiary alicyclic amines) is 1. The molecule has 1 atom stereocenters. The number of amides is 2. The Morgan fingerprint density at radius 3 is 2.52 bits per heavy atom. The summed E-state index contributed by atoms with van der Waals surface area (Å²) >= 11 is 0. The molecule has 1 aromatic carbocycles. The molecular weight excluding hydrogens is 290 g/mol. The van der Waals surface area contributed by atoms with Crippen molar-refractivity contribution in [3.63, 3.8) is 0 Å². The Kier molecular flexibility index (Phi) is 6.59. The van der Waals surface area contributed by atoms with Crippen LogP contribution < -0.4 is 11.1 Å². The van der Waals surface area contributed by atoms with E-state index in [0.29, 0.717) is 12.8 Å². The summed E-state index contributed by atoms with van der Waals surface area (Å²) in [6.45, 7) is 3.26. The predicted octanol–water partition coefficient (Wildman–Crippen LogP) is 1.46. The third kappa shape index (κ3) is 6.02. The van der Waals surface area contributed by atoms with Gasteiger partial charge in [0.25, 0.3) is 0 Å². The largest absolute Gasteiger partial charge is 0.353 e. The number of nitrogens with one attached hydrogen (secondary N) is 1. The summed E-state index contributed by atoms with van der Waals surface area (Å²) in [5, 5.41) is 3.01. The number of carbonyl (C=O) groups excluding carboxylic acids is 2. The highest BCUT2D eigenvalue weighted by atomic mass is 16.2. The van der Waals surface area contributed by atoms with Gasteiger partial charge < -0.3 is 16.0 Å². The molecule has 1 aliphatic rings. The van der Waals surface area contributed by atoms with Gasteiger partial charge in [-0.2, -0.15) is 0 Å². The fourth-order valence-electron chi connectivity index (χ4n) is 2.91. The second-order valence-corrected chi connectivity index (χ2v) is 6.39. The third-order valence-corrected chi connectivity index (χ3v) is 4.19. The molecule has 0 saturated carbocycles. The van der Waals surface area contributed by atoms with Crippen LogP contribution in [0.25, 0.3) is 0 Å². The highest BCUT2D eigenvalue weighted by Crippen LogP contribution is 2.13. The second kappa shape index (κ2) is 8.67. The Labute approximate surface area is 138 Å². The van der Waals surface area contributed by atoms with Crippen molar-refractivity contribution in [3.8, 4) is 0 Å². The molecule has 0 aromatic heterocycles. The Balaban J connectivity index is 1.69. The molecule has 3 N–H and O–H groups in total. The van der Waals surface area contributed by atoms with Crippen molar-refractivity contribution in [3.05, 3.63) is 35.9 Å². The molecule has 1 aromatic rings. The molecule has 1 aliphatic heterocycles. The molecule has 1 saturated heterocycles. The van der Waals surface area contributed by atoms with Gasteiger partial charge in [0.15, 0.2) is 0 Å². The summed E-state index contributed by atoms with van der Waals surface area (Å²) in [5.41, 5.74) is 6.82. The first-order chi connectivity index (χ1) is 11.0. The molecule has 1 fully saturated rings. The van der Waals surface area contributed by atoms with E-state index in [1.165, 1.54) is 5.56 Å². The van der Waals surface area contributed by atoms with Gasteiger partial charge >= 0.3 is 0 Å². The van der Waals surface area contributed by atoms with E-state index >= 15 is 0 Å². The van der Waals surface area contributed by atoms with Crippen LogP contribution in [0.15, 0.2) is 30.3 Å². The lowest BCUT2D eigenvalue weighted by Gasteiger charge is -2.32. The van der Waals surface area contributed by atoms with Crippen molar-refractivity contribution < 1.29 is 9.59 Å². The molecule has 0 aliphatic carbocycles. The molecule has 0 bridgehead atoms. The van der Waals surface area contributed by atoms with E-state index < -0.39 is 0 Å². The lowest BCUT2D eigenvalue weighted by atomic mass is 10.0. The quantitative estimate of drug-likeness (QED) is 0.834. The van der Waals surface area contributed by atoms with E-state index in [1.807, 2.05) is 42.2 Å². The zero-order valence-corrected chi connectivity index (χ0v) is 13.8. The molecule has 2 amide bonds. The SMILES string of the molecule is CC(N)CC(=O)NC1CCN(C(=O)CCc2ccccc2)CC1. The smallest absolute Gasteiger partial charge is 0.222 e. The molecule has 0 spiro atoms. The van der Waals surface area contributed by atoms with Crippen LogP contribution in [0.3, 0.4) is 0 Å². The van der Waals surface area contributed by atoms with Crippen molar-refractivity contribution in [2.24, 2.45) is 5.73 Å². The van der Waals surface area contributed by atoms with Crippen LogP contribution in [-0.2, 0) is 16.0 Å². The van der Waals surface area contributed by atoms with Gasteiger partial charge in [-0.25, -0.2) is 0 Å². The molecule has 1 heterocycles. The standard InChI is InChI=1S/C18H27N3O2/c1-14(19)13-17(22)20-16-9-11-21(12-10-16)18(23)8-7-15-5-3-2-4-6-15/h2-6,14,16H,7-13,19H2,1H3,(H,20,22). The van der Waals surface area contributed by atoms with Crippen molar-refractivity contribution in [1.82, 2.24) is 10.2 Å². The first-order valence-corrected chi connectivity index (χ1v) is 8.41. The molecule has 5 nitrogen and oxygen atoms in total. The number of hydrogen-bond acceptors (Lipinski definition) is 3. The van der Waals surface area contributed by atoms with E-state index in [1.54, 1.807) is 0 Å². The van der Waals surface area contributed by atoms with Crippen LogP contribution in [0.4, 0.5) is 0 Å². The van der Waals surface area contributed by atoms with Gasteiger partial charge in [-0.1, -0.05) is 30.3 Å². The number of nitrogens with zero attached hydrogens (tertiary/aromatic N) is 1. The van der Waals surface area contributed by atoms with Crippen molar-refractivity contribution in [2.45, 2.75) is 51.1 Å². The zero-order valence-electron chi connectivity index (χ0n) is 13.8. The van der Waals surface area contributed by atoms with Crippen LogP contribution >= 0.6 is 0 Å². The van der Waals surface area contributed by atoms with Crippen molar-refractivity contribution in [1.29, 1.82) is 0 Å². The summed E-state index contributed by atoms with van der Waals surface area (Å²) in [7, 11) is 0. The minimum atomic E-state index is -0.116. The number of carbonyl (C=O) groups is 2. The minimum Gasteiger partial charge on any atom is -0.353 e. The lowest BCUT2D eigenvalue weighted by Crippen LogP contribution is -2.47. The van der Waals surface area contributed by atoms with Gasteiger partial charge in [-0.05, 0) is 31.7 Å². The Morgan fingerprint density at radius 1 is 1.26 bits per heavy atom. The average Bonchev–Trinajstić information content (AvgIpc) is 2.53. The number of rotatable bonds is 6. The highest BCUT2D eigenvalue weighted by Gasteiger charge is 2.23. The molecule has 5 heteroatoms. The Bertz CT molecular complexity index is 508. The number of nitrogens with two attached hydrogens (primary N) is 1. The molecule has 1 unspecified atom stereocenters. The molecule has 0 radical (unpaired) electrons. The number of aryl methyl sites for hydroxylation is 1. The predicted molar refractivity (Wildman–Crippen MR) is 90.8 cm³/mol. The lowest BCUT2D eigenvalue weighted by molar-refractivity contribution is -0.132. The zero-order chi connectivity index (χ0) is 16.7. The summed E-state index contributed by atoms with van der Waals surface area (Å²) in [4.78, 5) is 25.9. The van der Waals surface area contributed by atoms with Crippen LogP contribution in [0.2, 0.25) is 0 Å². The topological polar surface area (TPSA) is 75.4 Å². The van der Waals surface area contributed by atoms with Gasteiger partial charge in [0.1, 0.15) is 0 Å². The van der Waals surface area contributed by atoms with Crippen LogP contribution in [-0.4, -0.2) is 41.9 Å². The molecular formula is C18H27N3O2. The van der Waals surface area contributed by atoms with Gasteiger partial charge in [0.2, 0.25) is 11.8 Å². The Hall–Kier alpha value is -1.88. The molecule has 23 heavy (non-hydrogen) atoms. The average molecular weight is 317 g/mol. The minimum absolute atomic E-state index is 0.00820.